The number of hydrogen-bond acceptors (Lipinski definition) is 4. The van der Waals surface area contributed by atoms with Crippen LogP contribution in [0.5, 0.6) is 0 Å². The minimum Gasteiger partial charge on any atom is -0.464 e. The lowest BCUT2D eigenvalue weighted by Gasteiger charge is -2.20. The fourth-order valence-electron chi connectivity index (χ4n) is 2.42. The Labute approximate surface area is 128 Å². The molecule has 0 aliphatic heterocycles. The number of carbonyl (C=O) groups excluding carboxylic acids is 1. The van der Waals surface area contributed by atoms with Crippen LogP contribution in [-0.4, -0.2) is 27.6 Å². The van der Waals surface area contributed by atoms with Crippen molar-refractivity contribution in [2.45, 2.75) is 6.04 Å². The van der Waals surface area contributed by atoms with Gasteiger partial charge in [0.25, 0.3) is 0 Å². The van der Waals surface area contributed by atoms with Gasteiger partial charge in [0.2, 0.25) is 0 Å². The zero-order valence-corrected chi connectivity index (χ0v) is 12.1. The molecule has 0 amide bonds. The molecule has 0 bridgehead atoms. The van der Waals surface area contributed by atoms with Gasteiger partial charge in [-0.05, 0) is 17.7 Å². The van der Waals surface area contributed by atoms with E-state index in [1.165, 1.54) is 13.3 Å². The van der Waals surface area contributed by atoms with Gasteiger partial charge in [0.1, 0.15) is 11.7 Å². The molecule has 2 heterocycles. The van der Waals surface area contributed by atoms with Gasteiger partial charge in [-0.1, -0.05) is 36.4 Å². The standard InChI is InChI=1S/C17H15N3O2/c1-22-17(21)15-11-18-12-20(15)16(13-7-3-2-4-8-13)14-9-5-6-10-19-14/h2-12,16H,1H3. The van der Waals surface area contributed by atoms with Crippen LogP contribution in [0.3, 0.4) is 0 Å². The normalized spacial score (nSPS) is 11.9. The third kappa shape index (κ3) is 2.61. The second-order valence-electron chi connectivity index (χ2n) is 4.75. The van der Waals surface area contributed by atoms with Crippen LogP contribution < -0.4 is 0 Å². The van der Waals surface area contributed by atoms with E-state index in [1.54, 1.807) is 17.1 Å². The Bertz CT molecular complexity index is 714. The SMILES string of the molecule is COC(=O)c1cncn1C(c1ccccc1)c1ccccn1. The Morgan fingerprint density at radius 1 is 1.14 bits per heavy atom. The molecule has 0 spiro atoms. The molecule has 5 heteroatoms. The van der Waals surface area contributed by atoms with Crippen molar-refractivity contribution in [1.82, 2.24) is 14.5 Å². The quantitative estimate of drug-likeness (QED) is 0.694. The van der Waals surface area contributed by atoms with Gasteiger partial charge in [0.05, 0.1) is 25.3 Å². The Hall–Kier alpha value is -2.95. The first-order valence-corrected chi connectivity index (χ1v) is 6.87. The van der Waals surface area contributed by atoms with E-state index in [2.05, 4.69) is 9.97 Å². The van der Waals surface area contributed by atoms with Gasteiger partial charge in [-0.25, -0.2) is 9.78 Å². The van der Waals surface area contributed by atoms with E-state index >= 15 is 0 Å². The molecule has 0 aliphatic rings. The smallest absolute Gasteiger partial charge is 0.356 e. The minimum atomic E-state index is -0.422. The van der Waals surface area contributed by atoms with E-state index in [9.17, 15) is 4.79 Å². The van der Waals surface area contributed by atoms with E-state index < -0.39 is 5.97 Å². The van der Waals surface area contributed by atoms with Crippen LogP contribution in [0.4, 0.5) is 0 Å². The number of methoxy groups -OCH3 is 1. The lowest BCUT2D eigenvalue weighted by molar-refractivity contribution is 0.0588. The number of benzene rings is 1. The third-order valence-corrected chi connectivity index (χ3v) is 3.42. The molecule has 110 valence electrons. The molecule has 0 radical (unpaired) electrons. The highest BCUT2D eigenvalue weighted by atomic mass is 16.5. The largest absolute Gasteiger partial charge is 0.464 e. The highest BCUT2D eigenvalue weighted by Gasteiger charge is 2.23. The molecule has 0 N–H and O–H groups in total. The average Bonchev–Trinajstić information content (AvgIpc) is 3.06. The van der Waals surface area contributed by atoms with Crippen LogP contribution >= 0.6 is 0 Å². The van der Waals surface area contributed by atoms with E-state index in [1.807, 2.05) is 48.5 Å². The van der Waals surface area contributed by atoms with Gasteiger partial charge in [0.15, 0.2) is 0 Å². The van der Waals surface area contributed by atoms with Crippen LogP contribution in [0.2, 0.25) is 0 Å². The van der Waals surface area contributed by atoms with Crippen LogP contribution in [0, 0.1) is 0 Å². The molecule has 22 heavy (non-hydrogen) atoms. The van der Waals surface area contributed by atoms with Crippen molar-refractivity contribution in [3.63, 3.8) is 0 Å². The van der Waals surface area contributed by atoms with Crippen molar-refractivity contribution in [1.29, 1.82) is 0 Å². The predicted octanol–water partition coefficient (Wildman–Crippen LogP) is 2.70. The number of nitrogens with zero attached hydrogens (tertiary/aromatic N) is 3. The molecule has 1 atom stereocenters. The highest BCUT2D eigenvalue weighted by Crippen LogP contribution is 2.26. The average molecular weight is 293 g/mol. The number of aromatic nitrogens is 3. The lowest BCUT2D eigenvalue weighted by Crippen LogP contribution is -2.18. The van der Waals surface area contributed by atoms with E-state index in [0.717, 1.165) is 11.3 Å². The lowest BCUT2D eigenvalue weighted by atomic mass is 10.0. The second kappa shape index (κ2) is 6.22. The van der Waals surface area contributed by atoms with Crippen molar-refractivity contribution in [3.8, 4) is 0 Å². The zero-order chi connectivity index (χ0) is 15.4. The maximum absolute atomic E-state index is 12.0. The van der Waals surface area contributed by atoms with Crippen molar-refractivity contribution >= 4 is 5.97 Å². The van der Waals surface area contributed by atoms with Crippen molar-refractivity contribution in [2.24, 2.45) is 0 Å². The van der Waals surface area contributed by atoms with Crippen molar-refractivity contribution in [2.75, 3.05) is 7.11 Å². The molecule has 0 fully saturated rings. The Kier molecular flexibility index (Phi) is 3.96. The Balaban J connectivity index is 2.15. The van der Waals surface area contributed by atoms with Crippen LogP contribution in [-0.2, 0) is 4.74 Å². The summed E-state index contributed by atoms with van der Waals surface area (Å²) in [5.41, 5.74) is 2.24. The fourth-order valence-corrected chi connectivity index (χ4v) is 2.42. The van der Waals surface area contributed by atoms with E-state index in [0.29, 0.717) is 5.69 Å². The summed E-state index contributed by atoms with van der Waals surface area (Å²) >= 11 is 0. The molecule has 3 rings (SSSR count). The minimum absolute atomic E-state index is 0.237. The summed E-state index contributed by atoms with van der Waals surface area (Å²) in [6, 6.07) is 15.3. The number of esters is 1. The molecular formula is C17H15N3O2. The van der Waals surface area contributed by atoms with Crippen molar-refractivity contribution in [3.05, 3.63) is 84.2 Å². The molecule has 0 aliphatic carbocycles. The number of rotatable bonds is 4. The highest BCUT2D eigenvalue weighted by molar-refractivity contribution is 5.87. The number of ether oxygens (including phenoxy) is 1. The van der Waals surface area contributed by atoms with Gasteiger partial charge in [-0.15, -0.1) is 0 Å². The third-order valence-electron chi connectivity index (χ3n) is 3.42. The second-order valence-corrected chi connectivity index (χ2v) is 4.75. The summed E-state index contributed by atoms with van der Waals surface area (Å²) in [5, 5.41) is 0. The number of hydrogen-bond donors (Lipinski definition) is 0. The zero-order valence-electron chi connectivity index (χ0n) is 12.1. The van der Waals surface area contributed by atoms with Crippen LogP contribution in [0.1, 0.15) is 27.8 Å². The fraction of sp³-hybridized carbons (Fsp3) is 0.118. The molecule has 1 aromatic carbocycles. The first kappa shape index (κ1) is 14.0. The van der Waals surface area contributed by atoms with Crippen LogP contribution in [0.15, 0.2) is 67.3 Å². The van der Waals surface area contributed by atoms with Crippen molar-refractivity contribution < 1.29 is 9.53 Å². The maximum atomic E-state index is 12.0. The molecule has 2 aromatic heterocycles. The van der Waals surface area contributed by atoms with E-state index in [-0.39, 0.29) is 6.04 Å². The number of imidazole rings is 1. The first-order chi connectivity index (χ1) is 10.8. The first-order valence-electron chi connectivity index (χ1n) is 6.87. The monoisotopic (exact) mass is 293 g/mol. The van der Waals surface area contributed by atoms with E-state index in [4.69, 9.17) is 4.74 Å². The molecule has 0 saturated carbocycles. The summed E-state index contributed by atoms with van der Waals surface area (Å²) in [4.78, 5) is 20.5. The summed E-state index contributed by atoms with van der Waals surface area (Å²) in [7, 11) is 1.36. The summed E-state index contributed by atoms with van der Waals surface area (Å²) in [6.45, 7) is 0. The van der Waals surface area contributed by atoms with Gasteiger partial charge >= 0.3 is 5.97 Å². The molecular weight excluding hydrogens is 278 g/mol. The van der Waals surface area contributed by atoms with Crippen LogP contribution in [0.25, 0.3) is 0 Å². The van der Waals surface area contributed by atoms with Gasteiger partial charge in [-0.3, -0.25) is 4.98 Å². The summed E-state index contributed by atoms with van der Waals surface area (Å²) < 4.78 is 6.62. The summed E-state index contributed by atoms with van der Waals surface area (Å²) in [6.07, 6.45) is 4.86. The molecule has 1 unspecified atom stereocenters. The molecule has 5 nitrogen and oxygen atoms in total. The Morgan fingerprint density at radius 2 is 1.91 bits per heavy atom. The van der Waals surface area contributed by atoms with Gasteiger partial charge in [0, 0.05) is 6.20 Å². The summed E-state index contributed by atoms with van der Waals surface area (Å²) in [5.74, 6) is -0.422. The molecule has 3 aromatic rings. The topological polar surface area (TPSA) is 57.0 Å². The Morgan fingerprint density at radius 3 is 2.59 bits per heavy atom. The van der Waals surface area contributed by atoms with Gasteiger partial charge in [-0.2, -0.15) is 0 Å². The van der Waals surface area contributed by atoms with Gasteiger partial charge < -0.3 is 9.30 Å². The number of carbonyl (C=O) groups is 1. The molecule has 0 saturated heterocycles. The maximum Gasteiger partial charge on any atom is 0.356 e. The predicted molar refractivity (Wildman–Crippen MR) is 81.5 cm³/mol. The number of pyridine rings is 1.